The maximum absolute atomic E-state index is 16.0. The zero-order valence-corrected chi connectivity index (χ0v) is 73.3. The van der Waals surface area contributed by atoms with E-state index in [0.717, 1.165) is 28.5 Å². The van der Waals surface area contributed by atoms with Crippen LogP contribution in [0.15, 0.2) is 104 Å². The highest BCUT2D eigenvalue weighted by Gasteiger charge is 2.49. The number of nitrogens with zero attached hydrogens (tertiary/aromatic N) is 2. The predicted molar refractivity (Wildman–Crippen MR) is 468 cm³/mol. The maximum atomic E-state index is 16.0. The lowest BCUT2D eigenvalue weighted by Crippen LogP contribution is -2.65. The second-order valence-electron chi connectivity index (χ2n) is 32.3. The lowest BCUT2D eigenvalue weighted by Gasteiger charge is -2.40. The van der Waals surface area contributed by atoms with E-state index in [1.54, 1.807) is 98.4 Å². The summed E-state index contributed by atoms with van der Waals surface area (Å²) in [6.07, 6.45) is 3.36. The number of H-pyrrole nitrogens is 4. The van der Waals surface area contributed by atoms with E-state index in [4.69, 9.17) is 17.2 Å². The molecule has 9 rings (SSSR count). The number of aliphatic hydroxyl groups is 1. The third-order valence-electron chi connectivity index (χ3n) is 21.9. The first-order valence-electron chi connectivity index (χ1n) is 40.8. The molecule has 7 aromatic rings. The van der Waals surface area contributed by atoms with E-state index in [-0.39, 0.29) is 44.3 Å². The van der Waals surface area contributed by atoms with Gasteiger partial charge in [0, 0.05) is 112 Å². The molecule has 0 spiro atoms. The van der Waals surface area contributed by atoms with E-state index >= 15 is 43.2 Å². The van der Waals surface area contributed by atoms with Gasteiger partial charge in [-0.25, -0.2) is 4.98 Å². The van der Waals surface area contributed by atoms with E-state index in [0.29, 0.717) is 61.6 Å². The molecule has 6 heterocycles. The van der Waals surface area contributed by atoms with Crippen molar-refractivity contribution in [2.45, 2.75) is 220 Å². The van der Waals surface area contributed by atoms with Crippen LogP contribution < -0.4 is 81.0 Å². The number of carbonyl (C=O) groups is 17. The Labute approximate surface area is 736 Å². The third-order valence-corrected chi connectivity index (χ3v) is 26.7. The van der Waals surface area contributed by atoms with Crippen LogP contribution in [-0.4, -0.2) is 253 Å². The molecule has 0 aliphatic carbocycles. The molecule has 0 saturated carbocycles. The molecule has 2 saturated heterocycles. The Hall–Kier alpha value is -12.5. The number of imidazole rings is 1. The van der Waals surface area contributed by atoms with Gasteiger partial charge in [0.25, 0.3) is 0 Å². The number of hydrogen-bond acceptors (Lipinski definition) is 22. The second kappa shape index (κ2) is 43.9. The SMILES string of the molecule is CC[C@H](C)[C@H](NC(=O)[C@@H](NC(=O)[C@H](Cc1c[nH]c2ccccc12)NC(=O)[C@H](CCSC)NC(C)=O)[C@@H](C)O)C(=O)N[C@@H]1C(=O)N[C@@H](CC(N)=O)C(=O)N[C@@H](CC(N)=O)C(=O)N[C@@H](Cc2c[nH]c3ccccc23)C(=O)N[C@@H](Cc2cnc[nH]2)C(=O)N[C@@H](CC(=O)O)C(=O)N[C@H](C(=O)N[C@@H](Cc2c[nH]c3ccccc23)C(=O)N2CCC[C@H]2C(N)=O)C(C)(C)SSC1(C)C. The van der Waals surface area contributed by atoms with Crippen molar-refractivity contribution in [1.29, 1.82) is 0 Å². The molecule has 40 nitrogen and oxygen atoms in total. The van der Waals surface area contributed by atoms with E-state index < -0.39 is 233 Å². The number of para-hydroxylation sites is 3. The molecule has 2 aliphatic heterocycles. The standard InChI is InChI=1S/C83H109N21O19S3/c1-10-40(2)65(100-78(120)66(41(3)105)101-75(117)55(29-44-36-89-51-22-15-12-19-48(44)51)93-70(112)53(25-27-124-9)92-42(4)106)77(119)103-68-79(121)98-58(33-63(85)108)74(116)96-57(32-62(84)107)73(115)94-54(28-43-35-88-50-21-14-11-18-47(43)50)71(113)95-56(31-46-38-87-39-91-46)72(114)97-59(34-64(109)110)76(118)102-67(82(5,6)125-126-83(68,7)8)80(122)99-60(81(123)104-26-17-24-61(104)69(86)111)30-45-37-90-52-23-16-13-20-49(45)52/h11-16,18-23,35-41,53-61,65-68,88-90,105H,10,17,24-34H2,1-9H3,(H2,84,107)(H2,85,108)(H2,86,111)(H,87,91)(H,92,106)(H,93,112)(H,94,115)(H,95,113)(H,96,116)(H,97,114)(H,98,121)(H,99,122)(H,100,120)(H,101,117)(H,102,118)(H,103,119)(H,109,110)/t40-,41+,53-,54-,55-,56-,57-,58-,59-,60-,61-,65-,66-,67+,68+/m0/s1. The molecule has 0 bridgehead atoms. The van der Waals surface area contributed by atoms with Gasteiger partial charge in [0.15, 0.2) is 0 Å². The quantitative estimate of drug-likeness (QED) is 0.0215. The van der Waals surface area contributed by atoms with E-state index in [9.17, 15) is 48.6 Å². The molecule has 0 unspecified atom stereocenters. The number of amides is 16. The summed E-state index contributed by atoms with van der Waals surface area (Å²) in [5.74, 6) is -19.8. The number of aromatic nitrogens is 5. The number of carboxylic acid groups (broad SMARTS) is 1. The Bertz CT molecular complexity index is 5190. The number of likely N-dealkylation sites (tertiary alicyclic amines) is 1. The van der Waals surface area contributed by atoms with E-state index in [2.05, 4.69) is 88.7 Å². The lowest BCUT2D eigenvalue weighted by atomic mass is 9.95. The molecule has 3 aromatic carbocycles. The molecule has 678 valence electrons. The summed E-state index contributed by atoms with van der Waals surface area (Å²) < 4.78 is -3.75. The Balaban J connectivity index is 1.14. The second-order valence-corrected chi connectivity index (χ2v) is 36.7. The third kappa shape index (κ3) is 25.8. The van der Waals surface area contributed by atoms with Crippen LogP contribution in [0.1, 0.15) is 123 Å². The van der Waals surface area contributed by atoms with Gasteiger partial charge in [-0.05, 0) is 107 Å². The highest BCUT2D eigenvalue weighted by Crippen LogP contribution is 2.47. The van der Waals surface area contributed by atoms with Gasteiger partial charge in [-0.2, -0.15) is 11.8 Å². The number of rotatable bonds is 33. The average Bonchev–Trinajstić information content (AvgIpc) is 1.40. The first-order valence-corrected chi connectivity index (χ1v) is 44.4. The molecular weight excluding hydrogens is 1690 g/mol. The number of hydrogen-bond donors (Lipinski definition) is 21. The van der Waals surface area contributed by atoms with Crippen LogP contribution >= 0.6 is 33.3 Å². The minimum atomic E-state index is -2.16. The van der Waals surface area contributed by atoms with Crippen molar-refractivity contribution in [3.8, 4) is 0 Å². The monoisotopic (exact) mass is 1800 g/mol. The van der Waals surface area contributed by atoms with Gasteiger partial charge < -0.3 is 116 Å². The number of carbonyl (C=O) groups excluding carboxylic acids is 16. The maximum Gasteiger partial charge on any atom is 0.305 e. The number of fused-ring (bicyclic) bond motifs is 3. The number of nitrogens with one attached hydrogen (secondary N) is 16. The van der Waals surface area contributed by atoms with Crippen LogP contribution in [-0.2, 0) is 107 Å². The lowest BCUT2D eigenvalue weighted by molar-refractivity contribution is -0.142. The molecule has 43 heteroatoms. The summed E-state index contributed by atoms with van der Waals surface area (Å²) in [5.41, 5.74) is 20.9. The molecule has 0 radical (unpaired) electrons. The number of thioether (sulfide) groups is 1. The van der Waals surface area contributed by atoms with Crippen LogP contribution in [0.25, 0.3) is 32.7 Å². The normalized spacial score (nSPS) is 21.5. The van der Waals surface area contributed by atoms with Crippen LogP contribution in [0.5, 0.6) is 0 Å². The number of nitrogens with two attached hydrogens (primary N) is 3. The van der Waals surface area contributed by atoms with E-state index in [1.807, 2.05) is 0 Å². The highest BCUT2D eigenvalue weighted by atomic mass is 33.1. The largest absolute Gasteiger partial charge is 0.481 e. The van der Waals surface area contributed by atoms with Crippen LogP contribution in [0, 0.1) is 5.92 Å². The summed E-state index contributed by atoms with van der Waals surface area (Å²) in [4.78, 5) is 265. The van der Waals surface area contributed by atoms with Crippen molar-refractivity contribution in [3.63, 3.8) is 0 Å². The molecule has 2 aliphatic rings. The topological polar surface area (TPSA) is 632 Å². The number of benzene rings is 3. The minimum absolute atomic E-state index is 0.0247. The number of carboxylic acids is 1. The van der Waals surface area contributed by atoms with Gasteiger partial charge in [-0.3, -0.25) is 81.5 Å². The van der Waals surface area contributed by atoms with Gasteiger partial charge in [0.2, 0.25) is 94.5 Å². The van der Waals surface area contributed by atoms with Gasteiger partial charge in [0.1, 0.15) is 78.5 Å². The number of primary amides is 3. The zero-order chi connectivity index (χ0) is 92.2. The molecule has 4 aromatic heterocycles. The van der Waals surface area contributed by atoms with Crippen LogP contribution in [0.2, 0.25) is 0 Å². The summed E-state index contributed by atoms with van der Waals surface area (Å²) >= 11 is 1.40. The van der Waals surface area contributed by atoms with Gasteiger partial charge >= 0.3 is 5.97 Å². The van der Waals surface area contributed by atoms with Gasteiger partial charge in [-0.15, -0.1) is 0 Å². The smallest absolute Gasteiger partial charge is 0.305 e. The molecule has 126 heavy (non-hydrogen) atoms. The van der Waals surface area contributed by atoms with Crippen molar-refractivity contribution >= 4 is 167 Å². The van der Waals surface area contributed by atoms with Crippen LogP contribution in [0.3, 0.4) is 0 Å². The summed E-state index contributed by atoms with van der Waals surface area (Å²) in [6, 6.07) is -2.14. The Morgan fingerprint density at radius 3 is 1.55 bits per heavy atom. The Kier molecular flexibility index (Phi) is 33.9. The first kappa shape index (κ1) is 97.3. The molecule has 2 fully saturated rings. The highest BCUT2D eigenvalue weighted by molar-refractivity contribution is 8.77. The minimum Gasteiger partial charge on any atom is -0.481 e. The molecule has 15 atom stereocenters. The number of aliphatic hydroxyl groups excluding tert-OH is 1. The van der Waals surface area contributed by atoms with Crippen molar-refractivity contribution in [2.24, 2.45) is 23.1 Å². The fraction of sp³-hybridized carbons (Fsp3) is 0.470. The predicted octanol–water partition coefficient (Wildman–Crippen LogP) is -1.20. The van der Waals surface area contributed by atoms with E-state index in [1.165, 1.54) is 76.9 Å². The fourth-order valence-electron chi connectivity index (χ4n) is 14.9. The zero-order valence-electron chi connectivity index (χ0n) is 70.9. The average molecular weight is 1800 g/mol. The number of aromatic amines is 4. The summed E-state index contributed by atoms with van der Waals surface area (Å²) in [5, 5.41) is 54.8. The molecular formula is C83H109N21O19S3. The summed E-state index contributed by atoms with van der Waals surface area (Å²) in [6.45, 7) is 11.2. The van der Waals surface area contributed by atoms with Crippen molar-refractivity contribution in [2.75, 3.05) is 18.6 Å². The van der Waals surface area contributed by atoms with Crippen molar-refractivity contribution in [1.82, 2.24) is 93.6 Å². The van der Waals surface area contributed by atoms with Gasteiger partial charge in [0.05, 0.1) is 31.7 Å². The molecule has 24 N–H and O–H groups in total. The van der Waals surface area contributed by atoms with Gasteiger partial charge in [-0.1, -0.05) is 96.5 Å². The van der Waals surface area contributed by atoms with Crippen molar-refractivity contribution in [3.05, 3.63) is 126 Å². The summed E-state index contributed by atoms with van der Waals surface area (Å²) in [7, 11) is 1.47. The Morgan fingerprint density at radius 1 is 0.563 bits per heavy atom. The Morgan fingerprint density at radius 2 is 1.04 bits per heavy atom. The first-order chi connectivity index (χ1) is 59.7. The molecule has 16 amide bonds. The van der Waals surface area contributed by atoms with Crippen LogP contribution in [0.4, 0.5) is 0 Å². The number of aliphatic carboxylic acids is 1. The van der Waals surface area contributed by atoms with Crippen molar-refractivity contribution < 1.29 is 91.7 Å². The fourth-order valence-corrected chi connectivity index (χ4v) is 18.1.